The van der Waals surface area contributed by atoms with Crippen molar-refractivity contribution in [3.8, 4) is 5.75 Å². The molecule has 1 atom stereocenters. The summed E-state index contributed by atoms with van der Waals surface area (Å²) in [5.41, 5.74) is 1.15. The number of para-hydroxylation sites is 1. The van der Waals surface area contributed by atoms with Crippen LogP contribution in [-0.2, 0) is 20.8 Å². The highest BCUT2D eigenvalue weighted by atomic mass is 16.5. The summed E-state index contributed by atoms with van der Waals surface area (Å²) in [4.78, 5) is 13.6. The van der Waals surface area contributed by atoms with Crippen molar-refractivity contribution >= 4 is 5.97 Å². The molecule has 1 saturated heterocycles. The molecule has 20 heavy (non-hydrogen) atoms. The van der Waals surface area contributed by atoms with Crippen molar-refractivity contribution in [3.63, 3.8) is 0 Å². The van der Waals surface area contributed by atoms with Gasteiger partial charge in [-0.15, -0.1) is 0 Å². The zero-order valence-electron chi connectivity index (χ0n) is 12.0. The Labute approximate surface area is 119 Å². The second kappa shape index (κ2) is 7.26. The predicted molar refractivity (Wildman–Crippen MR) is 74.6 cm³/mol. The standard InChI is InChI=1S/C15H21NO4/c1-18-14-6-4-3-5-12(14)10-16-7-8-20-13(11-16)9-15(17)19-2/h3-6,13H,7-11H2,1-2H3. The van der Waals surface area contributed by atoms with Crippen LogP contribution in [0.3, 0.4) is 0 Å². The van der Waals surface area contributed by atoms with Gasteiger partial charge in [-0.3, -0.25) is 9.69 Å². The molecule has 1 aromatic carbocycles. The largest absolute Gasteiger partial charge is 0.496 e. The molecule has 0 aromatic heterocycles. The minimum Gasteiger partial charge on any atom is -0.496 e. The van der Waals surface area contributed by atoms with Crippen LogP contribution in [0, 0.1) is 0 Å². The fourth-order valence-electron chi connectivity index (χ4n) is 2.39. The number of carbonyl (C=O) groups excluding carboxylic acids is 1. The van der Waals surface area contributed by atoms with Crippen molar-refractivity contribution in [2.75, 3.05) is 33.9 Å². The molecule has 110 valence electrons. The maximum Gasteiger partial charge on any atom is 0.308 e. The molecule has 0 spiro atoms. The number of esters is 1. The topological polar surface area (TPSA) is 48.0 Å². The van der Waals surface area contributed by atoms with E-state index in [1.807, 2.05) is 18.2 Å². The first kappa shape index (κ1) is 14.8. The third kappa shape index (κ3) is 3.95. The average Bonchev–Trinajstić information content (AvgIpc) is 2.48. The van der Waals surface area contributed by atoms with E-state index in [9.17, 15) is 4.79 Å². The highest BCUT2D eigenvalue weighted by Crippen LogP contribution is 2.21. The van der Waals surface area contributed by atoms with Gasteiger partial charge in [0.1, 0.15) is 5.75 Å². The Hall–Kier alpha value is -1.59. The van der Waals surface area contributed by atoms with Crippen molar-refractivity contribution < 1.29 is 19.0 Å². The van der Waals surface area contributed by atoms with Crippen molar-refractivity contribution in [1.82, 2.24) is 4.90 Å². The second-order valence-electron chi connectivity index (χ2n) is 4.82. The Morgan fingerprint density at radius 2 is 2.20 bits per heavy atom. The number of rotatable bonds is 5. The molecule has 1 unspecified atom stereocenters. The maximum atomic E-state index is 11.3. The van der Waals surface area contributed by atoms with Gasteiger partial charge in [0.05, 0.1) is 33.4 Å². The number of morpholine rings is 1. The molecule has 1 aromatic rings. The van der Waals surface area contributed by atoms with Crippen LogP contribution >= 0.6 is 0 Å². The molecule has 0 aliphatic carbocycles. The van der Waals surface area contributed by atoms with E-state index in [1.165, 1.54) is 7.11 Å². The highest BCUT2D eigenvalue weighted by molar-refractivity contribution is 5.69. The second-order valence-corrected chi connectivity index (χ2v) is 4.82. The van der Waals surface area contributed by atoms with E-state index in [0.717, 1.165) is 30.9 Å². The van der Waals surface area contributed by atoms with Crippen molar-refractivity contribution in [1.29, 1.82) is 0 Å². The van der Waals surface area contributed by atoms with Gasteiger partial charge in [0, 0.05) is 25.2 Å². The number of carbonyl (C=O) groups is 1. The molecule has 2 rings (SSSR count). The van der Waals surface area contributed by atoms with Crippen LogP contribution < -0.4 is 4.74 Å². The Morgan fingerprint density at radius 3 is 2.95 bits per heavy atom. The summed E-state index contributed by atoms with van der Waals surface area (Å²) in [7, 11) is 3.08. The van der Waals surface area contributed by atoms with Gasteiger partial charge in [0.15, 0.2) is 0 Å². The zero-order valence-corrected chi connectivity index (χ0v) is 12.0. The quantitative estimate of drug-likeness (QED) is 0.764. The molecular formula is C15H21NO4. The van der Waals surface area contributed by atoms with Crippen LogP contribution in [0.25, 0.3) is 0 Å². The molecule has 5 heteroatoms. The van der Waals surface area contributed by atoms with Gasteiger partial charge < -0.3 is 14.2 Å². The van der Waals surface area contributed by atoms with Crippen LogP contribution in [0.15, 0.2) is 24.3 Å². The number of nitrogens with zero attached hydrogens (tertiary/aromatic N) is 1. The minimum atomic E-state index is -0.228. The summed E-state index contributed by atoms with van der Waals surface area (Å²) < 4.78 is 15.7. The van der Waals surface area contributed by atoms with Gasteiger partial charge in [0.25, 0.3) is 0 Å². The number of hydrogen-bond acceptors (Lipinski definition) is 5. The summed E-state index contributed by atoms with van der Waals surface area (Å²) in [6.45, 7) is 3.02. The normalized spacial score (nSPS) is 19.6. The molecule has 0 N–H and O–H groups in total. The number of benzene rings is 1. The summed E-state index contributed by atoms with van der Waals surface area (Å²) >= 11 is 0. The molecule has 1 heterocycles. The number of ether oxygens (including phenoxy) is 3. The van der Waals surface area contributed by atoms with Gasteiger partial charge in [0.2, 0.25) is 0 Å². The smallest absolute Gasteiger partial charge is 0.308 e. The van der Waals surface area contributed by atoms with Gasteiger partial charge in [-0.2, -0.15) is 0 Å². The van der Waals surface area contributed by atoms with E-state index >= 15 is 0 Å². The number of hydrogen-bond donors (Lipinski definition) is 0. The van der Waals surface area contributed by atoms with Gasteiger partial charge in [-0.05, 0) is 6.07 Å². The lowest BCUT2D eigenvalue weighted by molar-refractivity contribution is -0.145. The Balaban J connectivity index is 1.94. The van der Waals surface area contributed by atoms with Gasteiger partial charge >= 0.3 is 5.97 Å². The molecule has 0 radical (unpaired) electrons. The first-order valence-electron chi connectivity index (χ1n) is 6.75. The lowest BCUT2D eigenvalue weighted by Crippen LogP contribution is -2.42. The van der Waals surface area contributed by atoms with Crippen LogP contribution in [0.1, 0.15) is 12.0 Å². The van der Waals surface area contributed by atoms with E-state index in [1.54, 1.807) is 7.11 Å². The van der Waals surface area contributed by atoms with Crippen LogP contribution in [-0.4, -0.2) is 50.9 Å². The summed E-state index contributed by atoms with van der Waals surface area (Å²) in [5.74, 6) is 0.664. The first-order valence-corrected chi connectivity index (χ1v) is 6.75. The van der Waals surface area contributed by atoms with Crippen molar-refractivity contribution in [3.05, 3.63) is 29.8 Å². The molecule has 0 amide bonds. The monoisotopic (exact) mass is 279 g/mol. The van der Waals surface area contributed by atoms with Crippen LogP contribution in [0.5, 0.6) is 5.75 Å². The fraction of sp³-hybridized carbons (Fsp3) is 0.533. The van der Waals surface area contributed by atoms with E-state index in [0.29, 0.717) is 13.0 Å². The summed E-state index contributed by atoms with van der Waals surface area (Å²) in [5, 5.41) is 0. The predicted octanol–water partition coefficient (Wildman–Crippen LogP) is 1.46. The van der Waals surface area contributed by atoms with Crippen molar-refractivity contribution in [2.45, 2.75) is 19.1 Å². The Morgan fingerprint density at radius 1 is 1.40 bits per heavy atom. The maximum absolute atomic E-state index is 11.3. The van der Waals surface area contributed by atoms with Gasteiger partial charge in [-0.25, -0.2) is 0 Å². The van der Waals surface area contributed by atoms with E-state index in [4.69, 9.17) is 9.47 Å². The highest BCUT2D eigenvalue weighted by Gasteiger charge is 2.23. The van der Waals surface area contributed by atoms with E-state index in [2.05, 4.69) is 15.7 Å². The molecular weight excluding hydrogens is 258 g/mol. The molecule has 5 nitrogen and oxygen atoms in total. The Kier molecular flexibility index (Phi) is 5.38. The molecule has 0 saturated carbocycles. The van der Waals surface area contributed by atoms with Crippen LogP contribution in [0.2, 0.25) is 0 Å². The molecule has 1 fully saturated rings. The summed E-state index contributed by atoms with van der Waals surface area (Å²) in [6.07, 6.45) is 0.213. The lowest BCUT2D eigenvalue weighted by Gasteiger charge is -2.32. The van der Waals surface area contributed by atoms with E-state index in [-0.39, 0.29) is 12.1 Å². The zero-order chi connectivity index (χ0) is 14.4. The van der Waals surface area contributed by atoms with Crippen molar-refractivity contribution in [2.24, 2.45) is 0 Å². The first-order chi connectivity index (χ1) is 9.72. The SMILES string of the molecule is COC(=O)CC1CN(Cc2ccccc2OC)CCO1. The van der Waals surface area contributed by atoms with E-state index < -0.39 is 0 Å². The van der Waals surface area contributed by atoms with Gasteiger partial charge in [-0.1, -0.05) is 18.2 Å². The minimum absolute atomic E-state index is 0.0918. The molecule has 1 aliphatic heterocycles. The Bertz CT molecular complexity index is 449. The third-order valence-electron chi connectivity index (χ3n) is 3.43. The average molecular weight is 279 g/mol. The fourth-order valence-corrected chi connectivity index (χ4v) is 2.39. The molecule has 1 aliphatic rings. The van der Waals surface area contributed by atoms with Crippen LogP contribution in [0.4, 0.5) is 0 Å². The molecule has 0 bridgehead atoms. The summed E-state index contributed by atoms with van der Waals surface area (Å²) in [6, 6.07) is 7.98. The lowest BCUT2D eigenvalue weighted by atomic mass is 10.1. The third-order valence-corrected chi connectivity index (χ3v) is 3.43. The number of methoxy groups -OCH3 is 2.